The lowest BCUT2D eigenvalue weighted by atomic mass is 10.3. The maximum Gasteiger partial charge on any atom is 0.338 e. The van der Waals surface area contributed by atoms with Crippen LogP contribution in [0.25, 0.3) is 0 Å². The van der Waals surface area contributed by atoms with Gasteiger partial charge >= 0.3 is 5.97 Å². The minimum Gasteiger partial charge on any atom is -0.457 e. The quantitative estimate of drug-likeness (QED) is 0.336. The molecule has 2 heterocycles. The van der Waals surface area contributed by atoms with E-state index in [1.165, 1.54) is 0 Å². The molecule has 0 radical (unpaired) electrons. The molecule has 50 valence electrons. The highest BCUT2D eigenvalue weighted by atomic mass is 79.9. The lowest BCUT2D eigenvalue weighted by molar-refractivity contribution is -0.148. The van der Waals surface area contributed by atoms with Gasteiger partial charge in [-0.2, -0.15) is 0 Å². The van der Waals surface area contributed by atoms with Gasteiger partial charge in [-0.1, -0.05) is 15.9 Å². The second-order valence-corrected chi connectivity index (χ2v) is 2.80. The second kappa shape index (κ2) is 1.70. The molecule has 0 aromatic heterocycles. The van der Waals surface area contributed by atoms with Crippen LogP contribution in [0.15, 0.2) is 0 Å². The van der Waals surface area contributed by atoms with Gasteiger partial charge in [0.05, 0.1) is 0 Å². The van der Waals surface area contributed by atoms with Crippen LogP contribution in [-0.2, 0) is 14.3 Å². The van der Waals surface area contributed by atoms with Crippen LogP contribution in [-0.4, -0.2) is 29.6 Å². The molecule has 2 fully saturated rings. The minimum atomic E-state index is -0.229. The molecule has 0 unspecified atom stereocenters. The van der Waals surface area contributed by atoms with Gasteiger partial charge in [0.2, 0.25) is 0 Å². The third kappa shape index (κ3) is 0.697. The summed E-state index contributed by atoms with van der Waals surface area (Å²) in [6.07, 6.45) is -0.216. The topological polar surface area (TPSA) is 38.8 Å². The van der Waals surface area contributed by atoms with E-state index in [1.54, 1.807) is 0 Å². The van der Waals surface area contributed by atoms with Gasteiger partial charge in [-0.15, -0.1) is 0 Å². The molecule has 0 spiro atoms. The summed E-state index contributed by atoms with van der Waals surface area (Å²) in [4.78, 5) is 10.6. The van der Waals surface area contributed by atoms with Crippen molar-refractivity contribution in [2.75, 3.05) is 5.33 Å². The van der Waals surface area contributed by atoms with Crippen molar-refractivity contribution in [1.82, 2.24) is 0 Å². The van der Waals surface area contributed by atoms with Crippen LogP contribution in [0.5, 0.6) is 0 Å². The van der Waals surface area contributed by atoms with Crippen LogP contribution in [0, 0.1) is 0 Å². The summed E-state index contributed by atoms with van der Waals surface area (Å²) in [5.74, 6) is -0.204. The zero-order chi connectivity index (χ0) is 6.43. The molecule has 2 aliphatic rings. The van der Waals surface area contributed by atoms with E-state index in [2.05, 4.69) is 15.9 Å². The van der Waals surface area contributed by atoms with E-state index < -0.39 is 0 Å². The van der Waals surface area contributed by atoms with Gasteiger partial charge in [0, 0.05) is 5.33 Å². The number of fused-ring (bicyclic) bond motifs is 1. The molecule has 3 atom stereocenters. The van der Waals surface area contributed by atoms with Crippen LogP contribution in [0.2, 0.25) is 0 Å². The van der Waals surface area contributed by atoms with E-state index in [-0.39, 0.29) is 24.3 Å². The van der Waals surface area contributed by atoms with Crippen molar-refractivity contribution in [3.8, 4) is 0 Å². The highest BCUT2D eigenvalue weighted by Crippen LogP contribution is 2.35. The molecule has 9 heavy (non-hydrogen) atoms. The van der Waals surface area contributed by atoms with Gasteiger partial charge in [-0.05, 0) is 0 Å². The van der Waals surface area contributed by atoms with E-state index in [4.69, 9.17) is 9.47 Å². The van der Waals surface area contributed by atoms with Crippen molar-refractivity contribution in [3.05, 3.63) is 0 Å². The average Bonchev–Trinajstić information content (AvgIpc) is 2.56. The van der Waals surface area contributed by atoms with Gasteiger partial charge in [0.25, 0.3) is 0 Å². The number of halogens is 1. The van der Waals surface area contributed by atoms with Gasteiger partial charge in [-0.25, -0.2) is 4.79 Å². The van der Waals surface area contributed by atoms with Gasteiger partial charge in [0.1, 0.15) is 12.2 Å². The lowest BCUT2D eigenvalue weighted by Crippen LogP contribution is -2.17. The zero-order valence-electron chi connectivity index (χ0n) is 4.54. The molecular formula is C5H5BrO3. The normalized spacial score (nSPS) is 46.3. The number of ether oxygens (including phenoxy) is 2. The van der Waals surface area contributed by atoms with E-state index in [0.717, 1.165) is 0 Å². The molecule has 3 nitrogen and oxygen atoms in total. The fourth-order valence-electron chi connectivity index (χ4n) is 0.999. The summed E-state index contributed by atoms with van der Waals surface area (Å²) in [6.45, 7) is 0. The molecule has 0 aromatic rings. The molecule has 0 amide bonds. The molecule has 2 aliphatic heterocycles. The molecule has 0 aromatic carbocycles. The average molecular weight is 193 g/mol. The molecule has 0 bridgehead atoms. The summed E-state index contributed by atoms with van der Waals surface area (Å²) < 4.78 is 9.83. The van der Waals surface area contributed by atoms with Crippen molar-refractivity contribution < 1.29 is 14.3 Å². The molecule has 0 N–H and O–H groups in total. The third-order valence-electron chi connectivity index (χ3n) is 1.54. The first kappa shape index (κ1) is 5.68. The smallest absolute Gasteiger partial charge is 0.338 e. The minimum absolute atomic E-state index is 0.0394. The first-order valence-electron chi connectivity index (χ1n) is 2.75. The Morgan fingerprint density at radius 3 is 2.67 bits per heavy atom. The van der Waals surface area contributed by atoms with Crippen molar-refractivity contribution in [2.24, 2.45) is 0 Å². The Morgan fingerprint density at radius 1 is 1.67 bits per heavy atom. The number of hydrogen-bond donors (Lipinski definition) is 0. The number of esters is 1. The number of carbonyl (C=O) groups is 1. The van der Waals surface area contributed by atoms with Crippen LogP contribution < -0.4 is 0 Å². The largest absolute Gasteiger partial charge is 0.457 e. The van der Waals surface area contributed by atoms with Crippen molar-refractivity contribution in [1.29, 1.82) is 0 Å². The lowest BCUT2D eigenvalue weighted by Gasteiger charge is -2.05. The van der Waals surface area contributed by atoms with E-state index in [1.807, 2.05) is 0 Å². The first-order chi connectivity index (χ1) is 4.33. The van der Waals surface area contributed by atoms with Gasteiger partial charge < -0.3 is 9.47 Å². The van der Waals surface area contributed by atoms with Crippen LogP contribution in [0.4, 0.5) is 0 Å². The third-order valence-corrected chi connectivity index (χ3v) is 2.18. The van der Waals surface area contributed by atoms with Crippen molar-refractivity contribution in [3.63, 3.8) is 0 Å². The fourth-order valence-corrected chi connectivity index (χ4v) is 1.50. The maximum atomic E-state index is 10.6. The number of carbonyl (C=O) groups excluding carboxylic acids is 1. The van der Waals surface area contributed by atoms with Gasteiger partial charge in [0.15, 0.2) is 6.10 Å². The van der Waals surface area contributed by atoms with E-state index in [9.17, 15) is 4.79 Å². The Hall–Kier alpha value is -0.0900. The maximum absolute atomic E-state index is 10.6. The molecule has 2 saturated heterocycles. The highest BCUT2D eigenvalue weighted by Gasteiger charge is 2.58. The van der Waals surface area contributed by atoms with Gasteiger partial charge in [-0.3, -0.25) is 0 Å². The van der Waals surface area contributed by atoms with Crippen molar-refractivity contribution in [2.45, 2.75) is 18.3 Å². The molecule has 0 aliphatic carbocycles. The summed E-state index contributed by atoms with van der Waals surface area (Å²) in [5, 5.41) is 0.680. The number of rotatable bonds is 1. The monoisotopic (exact) mass is 192 g/mol. The number of epoxide rings is 1. The summed E-state index contributed by atoms with van der Waals surface area (Å²) in [7, 11) is 0. The second-order valence-electron chi connectivity index (χ2n) is 2.15. The highest BCUT2D eigenvalue weighted by molar-refractivity contribution is 9.09. The Morgan fingerprint density at radius 2 is 2.44 bits per heavy atom. The van der Waals surface area contributed by atoms with E-state index >= 15 is 0 Å². The fraction of sp³-hybridized carbons (Fsp3) is 0.800. The first-order valence-corrected chi connectivity index (χ1v) is 3.87. The molecule has 0 saturated carbocycles. The Balaban J connectivity index is 2.08. The van der Waals surface area contributed by atoms with Crippen molar-refractivity contribution >= 4 is 21.9 Å². The molecule has 4 heteroatoms. The standard InChI is InChI=1S/C5H5BrO3/c6-1-2-3-4(9-3)5(7)8-2/h2-4H,1H2/t2-,3+,4+/m1/s1. The summed E-state index contributed by atoms with van der Waals surface area (Å²) in [6, 6.07) is 0. The molecular weight excluding hydrogens is 188 g/mol. The van der Waals surface area contributed by atoms with E-state index in [0.29, 0.717) is 5.33 Å². The van der Waals surface area contributed by atoms with Crippen LogP contribution in [0.1, 0.15) is 0 Å². The zero-order valence-corrected chi connectivity index (χ0v) is 6.13. The SMILES string of the molecule is O=C1O[C@H](CBr)[C@@H]2O[C@H]12. The summed E-state index contributed by atoms with van der Waals surface area (Å²) in [5.41, 5.74) is 0. The number of cyclic esters (lactones) is 1. The Kier molecular flexibility index (Phi) is 1.07. The summed E-state index contributed by atoms with van der Waals surface area (Å²) >= 11 is 3.21. The van der Waals surface area contributed by atoms with Crippen LogP contribution >= 0.6 is 15.9 Å². The van der Waals surface area contributed by atoms with Crippen LogP contribution in [0.3, 0.4) is 0 Å². The Bertz CT molecular complexity index is 158. The predicted octanol–water partition coefficient (Wildman–Crippen LogP) is 0.0741. The predicted molar refractivity (Wildman–Crippen MR) is 32.3 cm³/mol. The molecule has 2 rings (SSSR count). The number of hydrogen-bond acceptors (Lipinski definition) is 3. The Labute approximate surface area is 60.4 Å². The number of alkyl halides is 1.